The fourth-order valence-electron chi connectivity index (χ4n) is 1.82. The van der Waals surface area contributed by atoms with Crippen molar-refractivity contribution >= 4 is 5.82 Å². The summed E-state index contributed by atoms with van der Waals surface area (Å²) in [6.07, 6.45) is 3.62. The van der Waals surface area contributed by atoms with Crippen molar-refractivity contribution in [3.05, 3.63) is 46.8 Å². The Kier molecular flexibility index (Phi) is 3.50. The van der Waals surface area contributed by atoms with Gasteiger partial charge in [0.2, 0.25) is 0 Å². The lowest BCUT2D eigenvalue weighted by atomic mass is 10.3. The minimum Gasteiger partial charge on any atom is -0.373 e. The van der Waals surface area contributed by atoms with Crippen molar-refractivity contribution in [2.24, 2.45) is 0 Å². The molecule has 0 aliphatic heterocycles. The Labute approximate surface area is 106 Å². The summed E-state index contributed by atoms with van der Waals surface area (Å²) in [4.78, 5) is 16.5. The number of aromatic nitrogens is 3. The highest BCUT2D eigenvalue weighted by atomic mass is 16.1. The SMILES string of the molecule is CNc1cccc(Cn2ccn(C(C)C)c2=O)n1. The zero-order valence-electron chi connectivity index (χ0n) is 10.9. The van der Waals surface area contributed by atoms with Crippen molar-refractivity contribution in [3.63, 3.8) is 0 Å². The Bertz CT molecular complexity index is 583. The van der Waals surface area contributed by atoms with Gasteiger partial charge in [0.1, 0.15) is 5.82 Å². The van der Waals surface area contributed by atoms with Crippen LogP contribution in [0.3, 0.4) is 0 Å². The first kappa shape index (κ1) is 12.4. The summed E-state index contributed by atoms with van der Waals surface area (Å²) in [5.74, 6) is 0.809. The zero-order valence-corrected chi connectivity index (χ0v) is 10.9. The van der Waals surface area contributed by atoms with Crippen LogP contribution in [0.1, 0.15) is 25.6 Å². The summed E-state index contributed by atoms with van der Waals surface area (Å²) >= 11 is 0. The predicted octanol–water partition coefficient (Wildman–Crippen LogP) is 1.72. The normalized spacial score (nSPS) is 10.9. The van der Waals surface area contributed by atoms with Crippen LogP contribution in [-0.4, -0.2) is 21.2 Å². The van der Waals surface area contributed by atoms with Gasteiger partial charge in [0.25, 0.3) is 0 Å². The summed E-state index contributed by atoms with van der Waals surface area (Å²) in [5.41, 5.74) is 0.868. The highest BCUT2D eigenvalue weighted by Gasteiger charge is 2.07. The number of imidazole rings is 1. The third kappa shape index (κ3) is 2.45. The summed E-state index contributed by atoms with van der Waals surface area (Å²) in [7, 11) is 1.83. The summed E-state index contributed by atoms with van der Waals surface area (Å²) in [6, 6.07) is 5.92. The Hall–Kier alpha value is -2.04. The van der Waals surface area contributed by atoms with Crippen molar-refractivity contribution in [2.75, 3.05) is 12.4 Å². The van der Waals surface area contributed by atoms with Crippen LogP contribution in [0, 0.1) is 0 Å². The van der Waals surface area contributed by atoms with Gasteiger partial charge in [0.15, 0.2) is 0 Å². The van der Waals surface area contributed by atoms with E-state index >= 15 is 0 Å². The average Bonchev–Trinajstić information content (AvgIpc) is 2.71. The Morgan fingerprint density at radius 2 is 2.11 bits per heavy atom. The van der Waals surface area contributed by atoms with Gasteiger partial charge in [-0.2, -0.15) is 0 Å². The second kappa shape index (κ2) is 5.08. The van der Waals surface area contributed by atoms with E-state index in [-0.39, 0.29) is 11.7 Å². The Morgan fingerprint density at radius 3 is 2.72 bits per heavy atom. The van der Waals surface area contributed by atoms with Gasteiger partial charge in [-0.25, -0.2) is 9.78 Å². The first-order chi connectivity index (χ1) is 8.61. The van der Waals surface area contributed by atoms with E-state index in [1.54, 1.807) is 15.3 Å². The minimum absolute atomic E-state index is 0.00154. The van der Waals surface area contributed by atoms with Crippen molar-refractivity contribution < 1.29 is 0 Å². The third-order valence-electron chi connectivity index (χ3n) is 2.83. The fourth-order valence-corrected chi connectivity index (χ4v) is 1.82. The molecule has 0 amide bonds. The molecule has 1 N–H and O–H groups in total. The average molecular weight is 246 g/mol. The molecule has 0 aliphatic rings. The van der Waals surface area contributed by atoms with Gasteiger partial charge in [-0.3, -0.25) is 9.13 Å². The topological polar surface area (TPSA) is 51.9 Å². The molecule has 2 aromatic heterocycles. The molecule has 2 heterocycles. The van der Waals surface area contributed by atoms with Crippen molar-refractivity contribution in [2.45, 2.75) is 26.4 Å². The molecule has 0 saturated heterocycles. The Balaban J connectivity index is 2.26. The molecule has 2 aromatic rings. The van der Waals surface area contributed by atoms with Crippen molar-refractivity contribution in [1.82, 2.24) is 14.1 Å². The quantitative estimate of drug-likeness (QED) is 0.893. The second-order valence-corrected chi connectivity index (χ2v) is 4.47. The predicted molar refractivity (Wildman–Crippen MR) is 72.0 cm³/mol. The van der Waals surface area contributed by atoms with Crippen LogP contribution >= 0.6 is 0 Å². The van der Waals surface area contributed by atoms with Crippen LogP contribution in [0.4, 0.5) is 5.82 Å². The van der Waals surface area contributed by atoms with Gasteiger partial charge in [-0.15, -0.1) is 0 Å². The minimum atomic E-state index is 0.00154. The molecule has 0 aromatic carbocycles. The molecule has 0 saturated carbocycles. The molecule has 0 unspecified atom stereocenters. The van der Waals surface area contributed by atoms with Crippen molar-refractivity contribution in [1.29, 1.82) is 0 Å². The van der Waals surface area contributed by atoms with Crippen LogP contribution in [0.15, 0.2) is 35.4 Å². The number of anilines is 1. The number of nitrogens with zero attached hydrogens (tertiary/aromatic N) is 3. The number of pyridine rings is 1. The van der Waals surface area contributed by atoms with Crippen molar-refractivity contribution in [3.8, 4) is 0 Å². The number of nitrogens with one attached hydrogen (secondary N) is 1. The molecular formula is C13H18N4O. The molecular weight excluding hydrogens is 228 g/mol. The maximum Gasteiger partial charge on any atom is 0.328 e. The monoisotopic (exact) mass is 246 g/mol. The smallest absolute Gasteiger partial charge is 0.328 e. The van der Waals surface area contributed by atoms with Crippen LogP contribution in [0.25, 0.3) is 0 Å². The van der Waals surface area contributed by atoms with Gasteiger partial charge in [-0.05, 0) is 26.0 Å². The molecule has 96 valence electrons. The molecule has 18 heavy (non-hydrogen) atoms. The second-order valence-electron chi connectivity index (χ2n) is 4.47. The Morgan fingerprint density at radius 1 is 1.33 bits per heavy atom. The van der Waals surface area contributed by atoms with E-state index in [0.29, 0.717) is 6.54 Å². The zero-order chi connectivity index (χ0) is 13.1. The third-order valence-corrected chi connectivity index (χ3v) is 2.83. The molecule has 0 fully saturated rings. The first-order valence-electron chi connectivity index (χ1n) is 6.02. The summed E-state index contributed by atoms with van der Waals surface area (Å²) < 4.78 is 3.38. The molecule has 0 spiro atoms. The summed E-state index contributed by atoms with van der Waals surface area (Å²) in [6.45, 7) is 4.48. The van der Waals surface area contributed by atoms with Gasteiger partial charge in [-0.1, -0.05) is 6.07 Å². The summed E-state index contributed by atoms with van der Waals surface area (Å²) in [5, 5.41) is 2.99. The highest BCUT2D eigenvalue weighted by molar-refractivity contribution is 5.34. The van der Waals surface area contributed by atoms with E-state index in [1.807, 2.05) is 45.3 Å². The van der Waals surface area contributed by atoms with Gasteiger partial charge < -0.3 is 5.32 Å². The molecule has 2 rings (SSSR count). The van der Waals surface area contributed by atoms with Crippen LogP contribution < -0.4 is 11.0 Å². The fraction of sp³-hybridized carbons (Fsp3) is 0.385. The number of rotatable bonds is 4. The van der Waals surface area contributed by atoms with E-state index < -0.39 is 0 Å². The molecule has 5 nitrogen and oxygen atoms in total. The lowest BCUT2D eigenvalue weighted by Crippen LogP contribution is -2.25. The van der Waals surface area contributed by atoms with Crippen LogP contribution in [-0.2, 0) is 6.54 Å². The maximum absolute atomic E-state index is 12.1. The van der Waals surface area contributed by atoms with Crippen LogP contribution in [0.2, 0.25) is 0 Å². The van der Waals surface area contributed by atoms with Gasteiger partial charge in [0.05, 0.1) is 12.2 Å². The van der Waals surface area contributed by atoms with E-state index in [2.05, 4.69) is 10.3 Å². The lowest BCUT2D eigenvalue weighted by molar-refractivity contribution is 0.560. The molecule has 5 heteroatoms. The molecule has 0 atom stereocenters. The first-order valence-corrected chi connectivity index (χ1v) is 6.02. The molecule has 0 aliphatic carbocycles. The number of hydrogen-bond donors (Lipinski definition) is 1. The highest BCUT2D eigenvalue weighted by Crippen LogP contribution is 2.05. The standard InChI is InChI=1S/C13H18N4O/c1-10(2)17-8-7-16(13(17)18)9-11-5-4-6-12(14-3)15-11/h4-8,10H,9H2,1-3H3,(H,14,15). The maximum atomic E-state index is 12.1. The van der Waals surface area contributed by atoms with Gasteiger partial charge >= 0.3 is 5.69 Å². The van der Waals surface area contributed by atoms with E-state index in [1.165, 1.54) is 0 Å². The van der Waals surface area contributed by atoms with E-state index in [4.69, 9.17) is 0 Å². The van der Waals surface area contributed by atoms with E-state index in [0.717, 1.165) is 11.5 Å². The number of hydrogen-bond acceptors (Lipinski definition) is 3. The molecule has 0 radical (unpaired) electrons. The largest absolute Gasteiger partial charge is 0.373 e. The molecule has 0 bridgehead atoms. The van der Waals surface area contributed by atoms with Gasteiger partial charge in [0, 0.05) is 25.5 Å². The lowest BCUT2D eigenvalue weighted by Gasteiger charge is -2.06. The van der Waals surface area contributed by atoms with Crippen LogP contribution in [0.5, 0.6) is 0 Å². The van der Waals surface area contributed by atoms with E-state index in [9.17, 15) is 4.79 Å².